The van der Waals surface area contributed by atoms with Gasteiger partial charge < -0.3 is 15.0 Å². The SMILES string of the molecule is CN=C(NCc1cccc(CN2CCOCC2)c1)N1CCCC1. The van der Waals surface area contributed by atoms with Gasteiger partial charge in [-0.3, -0.25) is 9.89 Å². The molecule has 0 radical (unpaired) electrons. The minimum absolute atomic E-state index is 0.833. The highest BCUT2D eigenvalue weighted by Gasteiger charge is 2.15. The number of aliphatic imine (C=N–C) groups is 1. The van der Waals surface area contributed by atoms with Crippen LogP contribution in [0.15, 0.2) is 29.3 Å². The number of morpholine rings is 1. The van der Waals surface area contributed by atoms with Crippen molar-refractivity contribution in [2.75, 3.05) is 46.4 Å². The topological polar surface area (TPSA) is 40.1 Å². The maximum Gasteiger partial charge on any atom is 0.193 e. The van der Waals surface area contributed by atoms with Crippen molar-refractivity contribution in [1.82, 2.24) is 15.1 Å². The van der Waals surface area contributed by atoms with Crippen LogP contribution in [0.1, 0.15) is 24.0 Å². The van der Waals surface area contributed by atoms with Crippen LogP contribution >= 0.6 is 0 Å². The van der Waals surface area contributed by atoms with E-state index in [2.05, 4.69) is 44.4 Å². The molecule has 1 aromatic rings. The number of nitrogens with one attached hydrogen (secondary N) is 1. The maximum atomic E-state index is 5.42. The molecule has 2 fully saturated rings. The average molecular weight is 316 g/mol. The number of hydrogen-bond acceptors (Lipinski definition) is 3. The lowest BCUT2D eigenvalue weighted by Gasteiger charge is -2.26. The van der Waals surface area contributed by atoms with Crippen LogP contribution in [-0.4, -0.2) is 62.2 Å². The second-order valence-electron chi connectivity index (χ2n) is 6.30. The second-order valence-corrected chi connectivity index (χ2v) is 6.30. The van der Waals surface area contributed by atoms with Gasteiger partial charge in [0.1, 0.15) is 0 Å². The third kappa shape index (κ3) is 4.69. The molecule has 1 N–H and O–H groups in total. The molecular formula is C18H28N4O. The molecule has 0 atom stereocenters. The predicted molar refractivity (Wildman–Crippen MR) is 93.5 cm³/mol. The van der Waals surface area contributed by atoms with Crippen LogP contribution in [0.5, 0.6) is 0 Å². The highest BCUT2D eigenvalue weighted by Crippen LogP contribution is 2.11. The lowest BCUT2D eigenvalue weighted by molar-refractivity contribution is 0.0342. The van der Waals surface area contributed by atoms with E-state index in [0.29, 0.717) is 0 Å². The summed E-state index contributed by atoms with van der Waals surface area (Å²) in [5.41, 5.74) is 2.69. The van der Waals surface area contributed by atoms with Gasteiger partial charge in [0.25, 0.3) is 0 Å². The Morgan fingerprint density at radius 1 is 1.13 bits per heavy atom. The van der Waals surface area contributed by atoms with E-state index in [9.17, 15) is 0 Å². The molecule has 0 bridgehead atoms. The maximum absolute atomic E-state index is 5.42. The summed E-state index contributed by atoms with van der Waals surface area (Å²) in [5.74, 6) is 1.03. The van der Waals surface area contributed by atoms with Gasteiger partial charge in [0, 0.05) is 46.3 Å². The van der Waals surface area contributed by atoms with Gasteiger partial charge in [-0.05, 0) is 24.0 Å². The first-order valence-electron chi connectivity index (χ1n) is 8.68. The van der Waals surface area contributed by atoms with Crippen molar-refractivity contribution in [3.8, 4) is 0 Å². The number of likely N-dealkylation sites (tertiary alicyclic amines) is 1. The van der Waals surface area contributed by atoms with E-state index < -0.39 is 0 Å². The van der Waals surface area contributed by atoms with Crippen LogP contribution in [0.3, 0.4) is 0 Å². The minimum atomic E-state index is 0.833. The molecule has 2 heterocycles. The lowest BCUT2D eigenvalue weighted by atomic mass is 10.1. The molecule has 23 heavy (non-hydrogen) atoms. The van der Waals surface area contributed by atoms with Crippen molar-refractivity contribution >= 4 is 5.96 Å². The highest BCUT2D eigenvalue weighted by molar-refractivity contribution is 5.80. The predicted octanol–water partition coefficient (Wildman–Crippen LogP) is 1.69. The Morgan fingerprint density at radius 3 is 2.61 bits per heavy atom. The fourth-order valence-corrected chi connectivity index (χ4v) is 3.30. The molecule has 5 nitrogen and oxygen atoms in total. The zero-order chi connectivity index (χ0) is 15.9. The Hall–Kier alpha value is -1.59. The molecule has 3 rings (SSSR count). The normalized spacial score (nSPS) is 20.0. The molecule has 0 saturated carbocycles. The van der Waals surface area contributed by atoms with Crippen molar-refractivity contribution in [2.45, 2.75) is 25.9 Å². The molecular weight excluding hydrogens is 288 g/mol. The first kappa shape index (κ1) is 16.3. The Morgan fingerprint density at radius 2 is 1.87 bits per heavy atom. The molecule has 0 unspecified atom stereocenters. The zero-order valence-electron chi connectivity index (χ0n) is 14.1. The third-order valence-electron chi connectivity index (χ3n) is 4.57. The summed E-state index contributed by atoms with van der Waals surface area (Å²) in [6.07, 6.45) is 2.55. The Labute approximate surface area is 139 Å². The van der Waals surface area contributed by atoms with Gasteiger partial charge in [-0.25, -0.2) is 0 Å². The number of benzene rings is 1. The zero-order valence-corrected chi connectivity index (χ0v) is 14.1. The van der Waals surface area contributed by atoms with Crippen molar-refractivity contribution in [1.29, 1.82) is 0 Å². The van der Waals surface area contributed by atoms with Gasteiger partial charge in [-0.15, -0.1) is 0 Å². The Bertz CT molecular complexity index is 520. The molecule has 126 valence electrons. The molecule has 2 saturated heterocycles. The molecule has 5 heteroatoms. The smallest absolute Gasteiger partial charge is 0.193 e. The quantitative estimate of drug-likeness (QED) is 0.678. The van der Waals surface area contributed by atoms with Gasteiger partial charge in [0.15, 0.2) is 5.96 Å². The fraction of sp³-hybridized carbons (Fsp3) is 0.611. The van der Waals surface area contributed by atoms with Crippen LogP contribution in [0.4, 0.5) is 0 Å². The number of hydrogen-bond donors (Lipinski definition) is 1. The fourth-order valence-electron chi connectivity index (χ4n) is 3.30. The number of ether oxygens (including phenoxy) is 1. The van der Waals surface area contributed by atoms with Gasteiger partial charge in [0.05, 0.1) is 13.2 Å². The summed E-state index contributed by atoms with van der Waals surface area (Å²) in [7, 11) is 1.87. The second kappa shape index (κ2) is 8.31. The van der Waals surface area contributed by atoms with Crippen LogP contribution in [0.25, 0.3) is 0 Å². The summed E-state index contributed by atoms with van der Waals surface area (Å²) >= 11 is 0. The van der Waals surface area contributed by atoms with E-state index in [1.165, 1.54) is 24.0 Å². The van der Waals surface area contributed by atoms with E-state index in [4.69, 9.17) is 4.74 Å². The molecule has 1 aromatic carbocycles. The van der Waals surface area contributed by atoms with Crippen molar-refractivity contribution < 1.29 is 4.74 Å². The van der Waals surface area contributed by atoms with Crippen LogP contribution in [-0.2, 0) is 17.8 Å². The summed E-state index contributed by atoms with van der Waals surface area (Å²) in [6, 6.07) is 8.87. The van der Waals surface area contributed by atoms with E-state index in [0.717, 1.165) is 58.4 Å². The van der Waals surface area contributed by atoms with Crippen LogP contribution in [0.2, 0.25) is 0 Å². The number of nitrogens with zero attached hydrogens (tertiary/aromatic N) is 3. The van der Waals surface area contributed by atoms with E-state index in [-0.39, 0.29) is 0 Å². The van der Waals surface area contributed by atoms with E-state index in [1.807, 2.05) is 7.05 Å². The third-order valence-corrected chi connectivity index (χ3v) is 4.57. The average Bonchev–Trinajstić information content (AvgIpc) is 3.11. The standard InChI is InChI=1S/C18H28N4O/c1-19-18(22-7-2-3-8-22)20-14-16-5-4-6-17(13-16)15-21-9-11-23-12-10-21/h4-6,13H,2-3,7-12,14-15H2,1H3,(H,19,20). The first-order valence-corrected chi connectivity index (χ1v) is 8.68. The first-order chi connectivity index (χ1) is 11.3. The summed E-state index contributed by atoms with van der Waals surface area (Å²) in [5, 5.41) is 3.50. The van der Waals surface area contributed by atoms with Gasteiger partial charge in [-0.1, -0.05) is 24.3 Å². The van der Waals surface area contributed by atoms with Crippen molar-refractivity contribution in [2.24, 2.45) is 4.99 Å². The Kier molecular flexibility index (Phi) is 5.88. The molecule has 0 aliphatic carbocycles. The summed E-state index contributed by atoms with van der Waals surface area (Å²) < 4.78 is 5.42. The largest absolute Gasteiger partial charge is 0.379 e. The monoisotopic (exact) mass is 316 g/mol. The molecule has 0 aromatic heterocycles. The van der Waals surface area contributed by atoms with Crippen LogP contribution < -0.4 is 5.32 Å². The van der Waals surface area contributed by atoms with E-state index in [1.54, 1.807) is 0 Å². The molecule has 0 amide bonds. The highest BCUT2D eigenvalue weighted by atomic mass is 16.5. The van der Waals surface area contributed by atoms with Crippen LogP contribution in [0, 0.1) is 0 Å². The number of guanidine groups is 1. The molecule has 2 aliphatic rings. The summed E-state index contributed by atoms with van der Waals surface area (Å²) in [4.78, 5) is 9.21. The molecule has 2 aliphatic heterocycles. The Balaban J connectivity index is 1.54. The lowest BCUT2D eigenvalue weighted by Crippen LogP contribution is -2.39. The van der Waals surface area contributed by atoms with Crippen molar-refractivity contribution in [3.05, 3.63) is 35.4 Å². The van der Waals surface area contributed by atoms with Gasteiger partial charge in [-0.2, -0.15) is 0 Å². The van der Waals surface area contributed by atoms with E-state index >= 15 is 0 Å². The van der Waals surface area contributed by atoms with Crippen molar-refractivity contribution in [3.63, 3.8) is 0 Å². The van der Waals surface area contributed by atoms with Gasteiger partial charge >= 0.3 is 0 Å². The number of rotatable bonds is 4. The summed E-state index contributed by atoms with van der Waals surface area (Å²) in [6.45, 7) is 7.86. The minimum Gasteiger partial charge on any atom is -0.379 e. The molecule has 0 spiro atoms. The van der Waals surface area contributed by atoms with Gasteiger partial charge in [0.2, 0.25) is 0 Å².